The molecule has 7 nitrogen and oxygen atoms in total. The predicted octanol–water partition coefficient (Wildman–Crippen LogP) is 2.28. The Hall–Kier alpha value is -2.22. The van der Waals surface area contributed by atoms with Crippen molar-refractivity contribution in [3.05, 3.63) is 33.0 Å². The van der Waals surface area contributed by atoms with Crippen molar-refractivity contribution in [2.45, 2.75) is 58.7 Å². The lowest BCUT2D eigenvalue weighted by Gasteiger charge is -2.27. The molecule has 0 atom stereocenters. The molecule has 2 aliphatic rings. The number of thiazole rings is 1. The third kappa shape index (κ3) is 3.25. The molecule has 1 aliphatic carbocycles. The number of carbonyl (C=O) groups excluding carboxylic acids is 2. The molecule has 1 saturated carbocycles. The molecule has 2 aromatic heterocycles. The van der Waals surface area contributed by atoms with Crippen LogP contribution < -0.4 is 5.32 Å². The first-order valence-corrected chi connectivity index (χ1v) is 9.94. The maximum Gasteiger partial charge on any atom is 0.272 e. The fraction of sp³-hybridized carbons (Fsp3) is 0.556. The number of carbonyl (C=O) groups is 2. The maximum atomic E-state index is 12.8. The summed E-state index contributed by atoms with van der Waals surface area (Å²) in [7, 11) is 0. The van der Waals surface area contributed by atoms with Crippen LogP contribution >= 0.6 is 11.3 Å². The zero-order valence-corrected chi connectivity index (χ0v) is 15.9. The molecule has 1 fully saturated rings. The second-order valence-electron chi connectivity index (χ2n) is 7.07. The summed E-state index contributed by atoms with van der Waals surface area (Å²) in [6, 6.07) is 2.09. The van der Waals surface area contributed by atoms with Crippen molar-refractivity contribution in [1.29, 1.82) is 0 Å². The van der Waals surface area contributed by atoms with E-state index >= 15 is 0 Å². The fourth-order valence-corrected chi connectivity index (χ4v) is 4.64. The van der Waals surface area contributed by atoms with Crippen LogP contribution in [0, 0.1) is 13.8 Å². The second kappa shape index (κ2) is 6.83. The van der Waals surface area contributed by atoms with Gasteiger partial charge in [0.05, 0.1) is 29.5 Å². The van der Waals surface area contributed by atoms with Gasteiger partial charge in [0.25, 0.3) is 11.8 Å². The van der Waals surface area contributed by atoms with Gasteiger partial charge < -0.3 is 10.2 Å². The highest BCUT2D eigenvalue weighted by Crippen LogP contribution is 2.23. The van der Waals surface area contributed by atoms with E-state index in [1.165, 1.54) is 24.2 Å². The smallest absolute Gasteiger partial charge is 0.272 e. The van der Waals surface area contributed by atoms with E-state index in [0.717, 1.165) is 29.2 Å². The molecule has 0 unspecified atom stereocenters. The van der Waals surface area contributed by atoms with Crippen LogP contribution in [0.1, 0.15) is 62.2 Å². The van der Waals surface area contributed by atoms with Gasteiger partial charge >= 0.3 is 0 Å². The van der Waals surface area contributed by atoms with E-state index in [1.54, 1.807) is 0 Å². The number of fused-ring (bicyclic) bond motifs is 1. The number of nitrogens with zero attached hydrogens (tertiary/aromatic N) is 4. The summed E-state index contributed by atoms with van der Waals surface area (Å²) in [6.45, 7) is 5.45. The molecule has 2 aromatic rings. The highest BCUT2D eigenvalue weighted by Gasteiger charge is 2.27. The normalized spacial score (nSPS) is 17.4. The van der Waals surface area contributed by atoms with E-state index in [1.807, 2.05) is 29.5 Å². The largest absolute Gasteiger partial charge is 0.348 e. The lowest BCUT2D eigenvalue weighted by molar-refractivity contribution is 0.0709. The highest BCUT2D eigenvalue weighted by atomic mass is 32.1. The molecule has 1 N–H and O–H groups in total. The van der Waals surface area contributed by atoms with Gasteiger partial charge in [-0.1, -0.05) is 12.8 Å². The van der Waals surface area contributed by atoms with Gasteiger partial charge in [0, 0.05) is 12.6 Å². The molecule has 8 heteroatoms. The van der Waals surface area contributed by atoms with Crippen molar-refractivity contribution in [3.63, 3.8) is 0 Å². The summed E-state index contributed by atoms with van der Waals surface area (Å²) in [5.41, 5.74) is 2.14. The number of aryl methyl sites for hydroxylation is 2. The molecule has 3 heterocycles. The average molecular weight is 373 g/mol. The molecule has 138 valence electrons. The summed E-state index contributed by atoms with van der Waals surface area (Å²) < 4.78 is 1.85. The number of nitrogens with one attached hydrogen (secondary N) is 1. The molecule has 4 rings (SSSR count). The number of aromatic nitrogens is 3. The molecule has 0 spiro atoms. The first-order chi connectivity index (χ1) is 12.5. The minimum Gasteiger partial charge on any atom is -0.348 e. The van der Waals surface area contributed by atoms with Crippen molar-refractivity contribution >= 4 is 23.2 Å². The maximum absolute atomic E-state index is 12.8. The third-order valence-electron chi connectivity index (χ3n) is 5.11. The van der Waals surface area contributed by atoms with Gasteiger partial charge in [0.1, 0.15) is 4.88 Å². The summed E-state index contributed by atoms with van der Waals surface area (Å²) in [5, 5.41) is 8.41. The lowest BCUT2D eigenvalue weighted by Crippen LogP contribution is -2.38. The zero-order chi connectivity index (χ0) is 18.3. The van der Waals surface area contributed by atoms with Crippen LogP contribution in [-0.4, -0.2) is 44.1 Å². The molecule has 26 heavy (non-hydrogen) atoms. The number of hydrogen-bond acceptors (Lipinski definition) is 5. The summed E-state index contributed by atoms with van der Waals surface area (Å²) in [4.78, 5) is 32.1. The van der Waals surface area contributed by atoms with Crippen molar-refractivity contribution in [2.24, 2.45) is 0 Å². The topological polar surface area (TPSA) is 80.1 Å². The minimum absolute atomic E-state index is 0.0116. The Bertz CT molecular complexity index is 850. The number of hydrogen-bond donors (Lipinski definition) is 1. The van der Waals surface area contributed by atoms with Gasteiger partial charge in [-0.05, 0) is 32.8 Å². The molecule has 0 radical (unpaired) electrons. The molecule has 0 bridgehead atoms. The van der Waals surface area contributed by atoms with Crippen molar-refractivity contribution in [3.8, 4) is 0 Å². The zero-order valence-electron chi connectivity index (χ0n) is 15.1. The molecule has 0 aromatic carbocycles. The standard InChI is InChI=1S/C18H23N5O2S/c1-11-16(26-12(2)19-11)18(25)22-7-8-23-14(10-22)9-15(21-23)17(24)20-13-5-3-4-6-13/h9,13H,3-8,10H2,1-2H3,(H,20,24). The van der Waals surface area contributed by atoms with Gasteiger partial charge in [-0.3, -0.25) is 14.3 Å². The lowest BCUT2D eigenvalue weighted by atomic mass is 10.2. The van der Waals surface area contributed by atoms with Crippen molar-refractivity contribution < 1.29 is 9.59 Å². The van der Waals surface area contributed by atoms with E-state index < -0.39 is 0 Å². The van der Waals surface area contributed by atoms with E-state index in [2.05, 4.69) is 15.4 Å². The minimum atomic E-state index is -0.106. The Morgan fingerprint density at radius 2 is 2.00 bits per heavy atom. The van der Waals surface area contributed by atoms with Crippen molar-refractivity contribution in [2.75, 3.05) is 6.54 Å². The molecule has 0 saturated heterocycles. The Labute approximate surface area is 156 Å². The van der Waals surface area contributed by atoms with Crippen LogP contribution in [0.15, 0.2) is 6.07 Å². The van der Waals surface area contributed by atoms with Crippen LogP contribution in [0.5, 0.6) is 0 Å². The van der Waals surface area contributed by atoms with Gasteiger partial charge in [0.15, 0.2) is 5.69 Å². The Morgan fingerprint density at radius 1 is 1.23 bits per heavy atom. The fourth-order valence-electron chi connectivity index (χ4n) is 3.75. The van der Waals surface area contributed by atoms with Gasteiger partial charge in [-0.25, -0.2) is 4.98 Å². The van der Waals surface area contributed by atoms with Crippen LogP contribution in [0.25, 0.3) is 0 Å². The molecular weight excluding hydrogens is 350 g/mol. The van der Waals surface area contributed by atoms with Crippen LogP contribution in [0.3, 0.4) is 0 Å². The van der Waals surface area contributed by atoms with Crippen molar-refractivity contribution in [1.82, 2.24) is 25.0 Å². The highest BCUT2D eigenvalue weighted by molar-refractivity contribution is 7.13. The van der Waals surface area contributed by atoms with Crippen LogP contribution in [0.4, 0.5) is 0 Å². The summed E-state index contributed by atoms with van der Waals surface area (Å²) in [5.74, 6) is -0.0943. The Kier molecular flexibility index (Phi) is 4.52. The number of amides is 2. The van der Waals surface area contributed by atoms with E-state index in [0.29, 0.717) is 30.2 Å². The van der Waals surface area contributed by atoms with Gasteiger partial charge in [-0.15, -0.1) is 11.3 Å². The first-order valence-electron chi connectivity index (χ1n) is 9.12. The summed E-state index contributed by atoms with van der Waals surface area (Å²) in [6.07, 6.45) is 4.46. The van der Waals surface area contributed by atoms with E-state index in [-0.39, 0.29) is 17.9 Å². The third-order valence-corrected chi connectivity index (χ3v) is 6.17. The van der Waals surface area contributed by atoms with E-state index in [4.69, 9.17) is 0 Å². The SMILES string of the molecule is Cc1nc(C)c(C(=O)N2CCn3nc(C(=O)NC4CCCC4)cc3C2)s1. The van der Waals surface area contributed by atoms with E-state index in [9.17, 15) is 9.59 Å². The Morgan fingerprint density at radius 3 is 2.69 bits per heavy atom. The summed E-state index contributed by atoms with van der Waals surface area (Å²) >= 11 is 1.44. The Balaban J connectivity index is 1.47. The molecule has 1 aliphatic heterocycles. The van der Waals surface area contributed by atoms with Gasteiger partial charge in [-0.2, -0.15) is 5.10 Å². The molecule has 2 amide bonds. The van der Waals surface area contributed by atoms with Gasteiger partial charge in [0.2, 0.25) is 0 Å². The number of rotatable bonds is 3. The monoisotopic (exact) mass is 373 g/mol. The van der Waals surface area contributed by atoms with Crippen LogP contribution in [0.2, 0.25) is 0 Å². The predicted molar refractivity (Wildman–Crippen MR) is 98.3 cm³/mol. The first kappa shape index (κ1) is 17.2. The second-order valence-corrected chi connectivity index (χ2v) is 8.28. The molecular formula is C18H23N5O2S. The average Bonchev–Trinajstić information content (AvgIpc) is 3.33. The van der Waals surface area contributed by atoms with Crippen LogP contribution in [-0.2, 0) is 13.1 Å². The quantitative estimate of drug-likeness (QED) is 0.895.